The maximum atomic E-state index is 10.5. The first-order valence-electron chi connectivity index (χ1n) is 13.4. The number of aliphatic hydroxyl groups is 1. The molecule has 0 aromatic rings. The molecule has 0 amide bonds. The second kappa shape index (κ2) is 7.98. The van der Waals surface area contributed by atoms with Gasteiger partial charge in [-0.15, -0.1) is 6.58 Å². The van der Waals surface area contributed by atoms with Crippen molar-refractivity contribution in [2.75, 3.05) is 0 Å². The van der Waals surface area contributed by atoms with Crippen LogP contribution in [0.25, 0.3) is 0 Å². The fourth-order valence-corrected chi connectivity index (χ4v) is 10.2. The lowest BCUT2D eigenvalue weighted by molar-refractivity contribution is -0.123. The van der Waals surface area contributed by atoms with Crippen molar-refractivity contribution in [3.63, 3.8) is 0 Å². The lowest BCUT2D eigenvalue weighted by Gasteiger charge is -2.61. The van der Waals surface area contributed by atoms with Gasteiger partial charge in [-0.2, -0.15) is 0 Å². The van der Waals surface area contributed by atoms with Crippen molar-refractivity contribution in [2.45, 2.75) is 123 Å². The van der Waals surface area contributed by atoms with Crippen LogP contribution < -0.4 is 0 Å². The number of hydrogen-bond acceptors (Lipinski definition) is 2. The van der Waals surface area contributed by atoms with E-state index in [0.717, 1.165) is 23.7 Å². The predicted octanol–water partition coefficient (Wildman–Crippen LogP) is 7.58. The average Bonchev–Trinajstić information content (AvgIpc) is 3.07. The minimum absolute atomic E-state index is 0.196. The Morgan fingerprint density at radius 2 is 1.74 bits per heavy atom. The molecule has 9 atom stereocenters. The van der Waals surface area contributed by atoms with Gasteiger partial charge in [-0.05, 0) is 123 Å². The highest BCUT2D eigenvalue weighted by atomic mass is 28.4. The largest absolute Gasteiger partial charge is 0.414 e. The van der Waals surface area contributed by atoms with Crippen molar-refractivity contribution < 1.29 is 9.53 Å². The summed E-state index contributed by atoms with van der Waals surface area (Å²) >= 11 is 0. The van der Waals surface area contributed by atoms with Crippen molar-refractivity contribution in [1.82, 2.24) is 0 Å². The molecule has 4 aliphatic rings. The smallest absolute Gasteiger partial charge is 0.192 e. The van der Waals surface area contributed by atoms with Gasteiger partial charge in [0.05, 0.1) is 6.10 Å². The molecule has 1 unspecified atom stereocenters. The average molecular weight is 447 g/mol. The molecule has 0 aromatic carbocycles. The van der Waals surface area contributed by atoms with Crippen molar-refractivity contribution in [3.05, 3.63) is 12.7 Å². The van der Waals surface area contributed by atoms with E-state index >= 15 is 0 Å². The quantitative estimate of drug-likeness (QED) is 0.356. The van der Waals surface area contributed by atoms with Gasteiger partial charge in [-0.1, -0.05) is 33.8 Å². The summed E-state index contributed by atoms with van der Waals surface area (Å²) in [4.78, 5) is 0. The maximum absolute atomic E-state index is 10.5. The SMILES string of the molecule is C=C[C@]12CC[C@H]3[C@@H](CC[C@H]4C[C@H](O[Si](C)(C)C(C)(C)C)CC[C@@]43C)[C@@H]1CC[C@@H]2C(C)O. The molecule has 0 spiro atoms. The molecule has 31 heavy (non-hydrogen) atoms. The van der Waals surface area contributed by atoms with Crippen LogP contribution in [0.15, 0.2) is 12.7 Å². The topological polar surface area (TPSA) is 29.5 Å². The number of fused-ring (bicyclic) bond motifs is 5. The van der Waals surface area contributed by atoms with Crippen molar-refractivity contribution in [1.29, 1.82) is 0 Å². The summed E-state index contributed by atoms with van der Waals surface area (Å²) < 4.78 is 6.91. The molecular weight excluding hydrogens is 396 g/mol. The highest BCUT2D eigenvalue weighted by Crippen LogP contribution is 2.68. The molecule has 3 heteroatoms. The van der Waals surface area contributed by atoms with Crippen LogP contribution in [0.2, 0.25) is 18.1 Å². The second-order valence-corrected chi connectivity index (χ2v) is 18.5. The zero-order valence-corrected chi connectivity index (χ0v) is 22.5. The summed E-state index contributed by atoms with van der Waals surface area (Å²) in [5.74, 6) is 3.72. The lowest BCUT2D eigenvalue weighted by Crippen LogP contribution is -2.55. The Labute approximate surface area is 193 Å². The molecule has 0 saturated heterocycles. The van der Waals surface area contributed by atoms with E-state index in [1.807, 2.05) is 6.92 Å². The molecule has 4 saturated carbocycles. The summed E-state index contributed by atoms with van der Waals surface area (Å²) in [7, 11) is -1.69. The normalized spacial score (nSPS) is 46.6. The molecule has 4 fully saturated rings. The van der Waals surface area contributed by atoms with Crippen LogP contribution in [0.3, 0.4) is 0 Å². The minimum Gasteiger partial charge on any atom is -0.414 e. The van der Waals surface area contributed by atoms with Gasteiger partial charge in [-0.3, -0.25) is 0 Å². The van der Waals surface area contributed by atoms with E-state index in [1.54, 1.807) is 0 Å². The van der Waals surface area contributed by atoms with E-state index in [2.05, 4.69) is 53.4 Å². The van der Waals surface area contributed by atoms with Crippen LogP contribution in [0, 0.1) is 40.4 Å². The highest BCUT2D eigenvalue weighted by Gasteiger charge is 2.61. The summed E-state index contributed by atoms with van der Waals surface area (Å²) in [6, 6.07) is 0. The van der Waals surface area contributed by atoms with E-state index in [1.165, 1.54) is 57.8 Å². The predicted molar refractivity (Wildman–Crippen MR) is 133 cm³/mol. The Morgan fingerprint density at radius 1 is 1.03 bits per heavy atom. The first kappa shape index (κ1) is 24.0. The minimum atomic E-state index is -1.69. The van der Waals surface area contributed by atoms with Crippen LogP contribution in [-0.2, 0) is 4.43 Å². The third-order valence-corrected chi connectivity index (χ3v) is 16.0. The zero-order valence-electron chi connectivity index (χ0n) is 21.5. The van der Waals surface area contributed by atoms with E-state index < -0.39 is 8.32 Å². The third kappa shape index (κ3) is 3.73. The standard InChI is InChI=1S/C28H50O2Si/c1-9-28-17-15-24-22(25(28)13-12-23(28)19(2)29)11-10-20-18-21(14-16-27(20,24)6)30-31(7,8)26(3,4)5/h9,19-25,29H,1,10-18H2,2-8H3/t19?,20-,21+,22+,23+,24-,25-,27-,28+/m0/s1. The van der Waals surface area contributed by atoms with Gasteiger partial charge in [0.2, 0.25) is 0 Å². The number of hydrogen-bond donors (Lipinski definition) is 1. The molecule has 0 aromatic heterocycles. The second-order valence-electron chi connectivity index (χ2n) is 13.7. The number of allylic oxidation sites excluding steroid dienone is 1. The first-order chi connectivity index (χ1) is 14.4. The van der Waals surface area contributed by atoms with Gasteiger partial charge in [-0.25, -0.2) is 0 Å². The van der Waals surface area contributed by atoms with Gasteiger partial charge in [0.1, 0.15) is 0 Å². The summed E-state index contributed by atoms with van der Waals surface area (Å²) in [6.07, 6.45) is 14.4. The van der Waals surface area contributed by atoms with E-state index in [4.69, 9.17) is 4.43 Å². The van der Waals surface area contributed by atoms with Gasteiger partial charge in [0.25, 0.3) is 0 Å². The van der Waals surface area contributed by atoms with Crippen molar-refractivity contribution >= 4 is 8.32 Å². The summed E-state index contributed by atoms with van der Waals surface area (Å²) in [5.41, 5.74) is 0.688. The van der Waals surface area contributed by atoms with Crippen molar-refractivity contribution in [2.24, 2.45) is 40.4 Å². The van der Waals surface area contributed by atoms with Crippen LogP contribution in [0.5, 0.6) is 0 Å². The molecule has 2 nitrogen and oxygen atoms in total. The Morgan fingerprint density at radius 3 is 2.35 bits per heavy atom. The van der Waals surface area contributed by atoms with Gasteiger partial charge in [0.15, 0.2) is 8.32 Å². The first-order valence-corrected chi connectivity index (χ1v) is 16.3. The van der Waals surface area contributed by atoms with Crippen LogP contribution in [0.1, 0.15) is 92.4 Å². The van der Waals surface area contributed by atoms with Crippen molar-refractivity contribution in [3.8, 4) is 0 Å². The molecule has 4 rings (SSSR count). The lowest BCUT2D eigenvalue weighted by atomic mass is 9.44. The molecule has 0 heterocycles. The monoisotopic (exact) mass is 446 g/mol. The number of aliphatic hydroxyl groups excluding tert-OH is 1. The molecule has 1 N–H and O–H groups in total. The number of rotatable bonds is 4. The van der Waals surface area contributed by atoms with Gasteiger partial charge in [0, 0.05) is 6.10 Å². The maximum Gasteiger partial charge on any atom is 0.192 e. The van der Waals surface area contributed by atoms with Gasteiger partial charge < -0.3 is 9.53 Å². The van der Waals surface area contributed by atoms with E-state index in [0.29, 0.717) is 22.5 Å². The van der Waals surface area contributed by atoms with Crippen LogP contribution in [-0.4, -0.2) is 25.6 Å². The molecule has 4 aliphatic carbocycles. The summed E-state index contributed by atoms with van der Waals surface area (Å²) in [6.45, 7) is 20.9. The molecule has 0 aliphatic heterocycles. The zero-order chi connectivity index (χ0) is 22.8. The molecule has 0 bridgehead atoms. The molecule has 0 radical (unpaired) electrons. The third-order valence-electron chi connectivity index (χ3n) is 11.5. The Hall–Kier alpha value is -0.123. The van der Waals surface area contributed by atoms with E-state index in [9.17, 15) is 5.11 Å². The Balaban J connectivity index is 1.50. The van der Waals surface area contributed by atoms with Crippen LogP contribution in [0.4, 0.5) is 0 Å². The Bertz CT molecular complexity index is 679. The molecular formula is C28H50O2Si. The Kier molecular flexibility index (Phi) is 6.18. The molecule has 178 valence electrons. The summed E-state index contributed by atoms with van der Waals surface area (Å²) in [5, 5.41) is 10.8. The fraction of sp³-hybridized carbons (Fsp3) is 0.929. The van der Waals surface area contributed by atoms with E-state index in [-0.39, 0.29) is 11.5 Å². The van der Waals surface area contributed by atoms with Crippen LogP contribution >= 0.6 is 0 Å². The van der Waals surface area contributed by atoms with Gasteiger partial charge >= 0.3 is 0 Å². The fourth-order valence-electron chi connectivity index (χ4n) is 8.78. The highest BCUT2D eigenvalue weighted by molar-refractivity contribution is 6.74.